The molecule has 0 spiro atoms. The number of nitrogens with zero attached hydrogens (tertiary/aromatic N) is 3. The van der Waals surface area contributed by atoms with Crippen LogP contribution in [0.15, 0.2) is 35.3 Å². The lowest BCUT2D eigenvalue weighted by molar-refractivity contribution is 0.256. The van der Waals surface area contributed by atoms with Crippen LogP contribution in [0, 0.1) is 19.8 Å². The van der Waals surface area contributed by atoms with Crippen LogP contribution in [0.25, 0.3) is 0 Å². The third kappa shape index (κ3) is 6.54. The van der Waals surface area contributed by atoms with Gasteiger partial charge < -0.3 is 10.6 Å². The highest BCUT2D eigenvalue weighted by atomic mass is 32.1. The summed E-state index contributed by atoms with van der Waals surface area (Å²) in [6, 6.07) is 11.4. The molecule has 1 saturated heterocycles. The second-order valence-electron chi connectivity index (χ2n) is 8.01. The summed E-state index contributed by atoms with van der Waals surface area (Å²) in [6.07, 6.45) is 2.16. The lowest BCUT2D eigenvalue weighted by atomic mass is 10.1. The maximum Gasteiger partial charge on any atom is 0.191 e. The van der Waals surface area contributed by atoms with Crippen LogP contribution in [0.2, 0.25) is 0 Å². The van der Waals surface area contributed by atoms with Crippen LogP contribution in [0.4, 0.5) is 0 Å². The van der Waals surface area contributed by atoms with Gasteiger partial charge in [-0.3, -0.25) is 9.89 Å². The van der Waals surface area contributed by atoms with Gasteiger partial charge in [-0.2, -0.15) is 0 Å². The van der Waals surface area contributed by atoms with E-state index >= 15 is 0 Å². The first-order valence-electron chi connectivity index (χ1n) is 10.8. The number of aliphatic imine (C=N–C) groups is 1. The van der Waals surface area contributed by atoms with Gasteiger partial charge in [0.15, 0.2) is 5.96 Å². The Hall–Kier alpha value is -1.92. The summed E-state index contributed by atoms with van der Waals surface area (Å²) in [6.45, 7) is 13.4. The van der Waals surface area contributed by atoms with Crippen molar-refractivity contribution < 1.29 is 0 Å². The molecule has 29 heavy (non-hydrogen) atoms. The van der Waals surface area contributed by atoms with Crippen molar-refractivity contribution in [3.05, 3.63) is 51.5 Å². The van der Waals surface area contributed by atoms with E-state index in [0.717, 1.165) is 50.8 Å². The van der Waals surface area contributed by atoms with Crippen molar-refractivity contribution in [3.63, 3.8) is 0 Å². The van der Waals surface area contributed by atoms with Gasteiger partial charge in [-0.15, -0.1) is 11.3 Å². The molecule has 0 bridgehead atoms. The van der Waals surface area contributed by atoms with Gasteiger partial charge in [-0.1, -0.05) is 30.3 Å². The van der Waals surface area contributed by atoms with Gasteiger partial charge in [0, 0.05) is 50.1 Å². The topological polar surface area (TPSA) is 52.6 Å². The zero-order chi connectivity index (χ0) is 20.6. The van der Waals surface area contributed by atoms with Crippen LogP contribution in [0.1, 0.15) is 41.4 Å². The molecule has 0 amide bonds. The van der Waals surface area contributed by atoms with E-state index < -0.39 is 0 Å². The van der Waals surface area contributed by atoms with Crippen molar-refractivity contribution in [2.45, 2.75) is 53.1 Å². The van der Waals surface area contributed by atoms with E-state index in [-0.39, 0.29) is 0 Å². The first-order chi connectivity index (χ1) is 14.0. The third-order valence-corrected chi connectivity index (χ3v) is 6.71. The van der Waals surface area contributed by atoms with Crippen molar-refractivity contribution in [2.75, 3.05) is 26.2 Å². The number of rotatable bonds is 8. The highest BCUT2D eigenvalue weighted by Gasteiger charge is 2.28. The standard InChI is InChI=1S/C23H35N5S/c1-5-24-23(25-12-11-22-27-18(3)19(4)29-22)26-14-21-13-17(2)28(16-21)15-20-9-7-6-8-10-20/h6-10,17,21H,5,11-16H2,1-4H3,(H2,24,25,26). The normalized spacial score (nSPS) is 20.2. The maximum atomic E-state index is 4.88. The molecule has 2 N–H and O–H groups in total. The smallest absolute Gasteiger partial charge is 0.191 e. The number of benzene rings is 1. The summed E-state index contributed by atoms with van der Waals surface area (Å²) in [7, 11) is 0. The maximum absolute atomic E-state index is 4.88. The highest BCUT2D eigenvalue weighted by Crippen LogP contribution is 2.25. The molecular formula is C23H35N5S. The number of aryl methyl sites for hydroxylation is 2. The minimum Gasteiger partial charge on any atom is -0.357 e. The highest BCUT2D eigenvalue weighted by molar-refractivity contribution is 7.11. The Kier molecular flexibility index (Phi) is 8.07. The van der Waals surface area contributed by atoms with Crippen molar-refractivity contribution >= 4 is 17.3 Å². The van der Waals surface area contributed by atoms with E-state index in [1.165, 1.54) is 21.9 Å². The molecule has 2 aromatic rings. The van der Waals surface area contributed by atoms with E-state index in [4.69, 9.17) is 4.99 Å². The van der Waals surface area contributed by atoms with E-state index in [1.54, 1.807) is 11.3 Å². The van der Waals surface area contributed by atoms with Gasteiger partial charge in [0.25, 0.3) is 0 Å². The molecule has 3 rings (SSSR count). The molecule has 2 unspecified atom stereocenters. The first kappa shape index (κ1) is 21.8. The second-order valence-corrected chi connectivity index (χ2v) is 9.30. The fraction of sp³-hybridized carbons (Fsp3) is 0.565. The zero-order valence-electron chi connectivity index (χ0n) is 18.2. The SMILES string of the molecule is CCNC(=NCC1CC(C)N(Cc2ccccc2)C1)NCCc1nc(C)c(C)s1. The Morgan fingerprint density at radius 1 is 1.24 bits per heavy atom. The Morgan fingerprint density at radius 3 is 2.72 bits per heavy atom. The van der Waals surface area contributed by atoms with Gasteiger partial charge in [-0.25, -0.2) is 4.98 Å². The molecule has 1 fully saturated rings. The molecule has 1 aliphatic rings. The number of hydrogen-bond acceptors (Lipinski definition) is 4. The van der Waals surface area contributed by atoms with Crippen LogP contribution < -0.4 is 10.6 Å². The van der Waals surface area contributed by atoms with Crippen molar-refractivity contribution in [2.24, 2.45) is 10.9 Å². The quantitative estimate of drug-likeness (QED) is 0.511. The molecule has 6 heteroatoms. The Morgan fingerprint density at radius 2 is 2.03 bits per heavy atom. The van der Waals surface area contributed by atoms with Gasteiger partial charge >= 0.3 is 0 Å². The average Bonchev–Trinajstić information content (AvgIpc) is 3.22. The summed E-state index contributed by atoms with van der Waals surface area (Å²) >= 11 is 1.80. The van der Waals surface area contributed by atoms with E-state index in [9.17, 15) is 0 Å². The molecule has 1 aromatic carbocycles. The second kappa shape index (κ2) is 10.7. The third-order valence-electron chi connectivity index (χ3n) is 5.57. The number of hydrogen-bond donors (Lipinski definition) is 2. The van der Waals surface area contributed by atoms with E-state index in [2.05, 4.69) is 78.5 Å². The number of aromatic nitrogens is 1. The summed E-state index contributed by atoms with van der Waals surface area (Å²) in [5, 5.41) is 8.05. The molecule has 5 nitrogen and oxygen atoms in total. The first-order valence-corrected chi connectivity index (χ1v) is 11.6. The number of likely N-dealkylation sites (tertiary alicyclic amines) is 1. The van der Waals surface area contributed by atoms with Gasteiger partial charge in [0.2, 0.25) is 0 Å². The van der Waals surface area contributed by atoms with Crippen LogP contribution in [-0.4, -0.2) is 48.1 Å². The summed E-state index contributed by atoms with van der Waals surface area (Å²) in [4.78, 5) is 13.4. The van der Waals surface area contributed by atoms with Crippen LogP contribution in [0.3, 0.4) is 0 Å². The summed E-state index contributed by atoms with van der Waals surface area (Å²) in [5.74, 6) is 1.54. The zero-order valence-corrected chi connectivity index (χ0v) is 19.1. The Bertz CT molecular complexity index is 766. The molecular weight excluding hydrogens is 378 g/mol. The van der Waals surface area contributed by atoms with Gasteiger partial charge in [-0.05, 0) is 45.6 Å². The van der Waals surface area contributed by atoms with Crippen molar-refractivity contribution in [1.82, 2.24) is 20.5 Å². The molecule has 1 aliphatic heterocycles. The van der Waals surface area contributed by atoms with Gasteiger partial charge in [0.05, 0.1) is 10.7 Å². The fourth-order valence-electron chi connectivity index (χ4n) is 3.88. The fourth-order valence-corrected chi connectivity index (χ4v) is 4.82. The van der Waals surface area contributed by atoms with Crippen molar-refractivity contribution in [1.29, 1.82) is 0 Å². The monoisotopic (exact) mass is 413 g/mol. The largest absolute Gasteiger partial charge is 0.357 e. The number of nitrogens with one attached hydrogen (secondary N) is 2. The lowest BCUT2D eigenvalue weighted by Crippen LogP contribution is -2.38. The predicted molar refractivity (Wildman–Crippen MR) is 124 cm³/mol. The lowest BCUT2D eigenvalue weighted by Gasteiger charge is -2.20. The molecule has 2 atom stereocenters. The van der Waals surface area contributed by atoms with Crippen molar-refractivity contribution in [3.8, 4) is 0 Å². The minimum absolute atomic E-state index is 0.613. The average molecular weight is 414 g/mol. The molecule has 1 aromatic heterocycles. The van der Waals surface area contributed by atoms with Crippen LogP contribution in [0.5, 0.6) is 0 Å². The Labute approximate surface area is 179 Å². The minimum atomic E-state index is 0.613. The summed E-state index contributed by atoms with van der Waals surface area (Å²) < 4.78 is 0. The van der Waals surface area contributed by atoms with Gasteiger partial charge in [0.1, 0.15) is 0 Å². The molecule has 2 heterocycles. The predicted octanol–water partition coefficient (Wildman–Crippen LogP) is 3.77. The van der Waals surface area contributed by atoms with E-state index in [0.29, 0.717) is 12.0 Å². The molecule has 0 aliphatic carbocycles. The van der Waals surface area contributed by atoms with Crippen LogP contribution in [-0.2, 0) is 13.0 Å². The number of thiazole rings is 1. The Balaban J connectivity index is 1.47. The molecule has 0 saturated carbocycles. The molecule has 158 valence electrons. The molecule has 0 radical (unpaired) electrons. The van der Waals surface area contributed by atoms with Crippen LogP contribution >= 0.6 is 11.3 Å². The van der Waals surface area contributed by atoms with E-state index in [1.807, 2.05) is 0 Å². The summed E-state index contributed by atoms with van der Waals surface area (Å²) in [5.41, 5.74) is 2.55. The number of guanidine groups is 1.